The summed E-state index contributed by atoms with van der Waals surface area (Å²) in [5.74, 6) is -0.258. The van der Waals surface area contributed by atoms with Crippen molar-refractivity contribution in [2.24, 2.45) is 0 Å². The summed E-state index contributed by atoms with van der Waals surface area (Å²) in [6.07, 6.45) is 0. The van der Waals surface area contributed by atoms with Crippen LogP contribution < -0.4 is 5.32 Å². The number of hydrogen-bond donors (Lipinski definition) is 1. The second-order valence-electron chi connectivity index (χ2n) is 3.66. The molecule has 8 heteroatoms. The van der Waals surface area contributed by atoms with E-state index in [0.29, 0.717) is 13.1 Å². The molecule has 0 spiro atoms. The summed E-state index contributed by atoms with van der Waals surface area (Å²) >= 11 is 4.64. The van der Waals surface area contributed by atoms with Crippen LogP contribution in [0.2, 0.25) is 0 Å². The highest BCUT2D eigenvalue weighted by atomic mass is 79.9. The third-order valence-electron chi connectivity index (χ3n) is 2.46. The van der Waals surface area contributed by atoms with Crippen molar-refractivity contribution in [2.45, 2.75) is 11.8 Å². The molecule has 1 aromatic rings. The Labute approximate surface area is 112 Å². The van der Waals surface area contributed by atoms with E-state index in [0.717, 1.165) is 8.66 Å². The molecular weight excluding hydrogens is 328 g/mol. The van der Waals surface area contributed by atoms with E-state index in [1.807, 2.05) is 0 Å². The van der Waals surface area contributed by atoms with E-state index in [4.69, 9.17) is 0 Å². The number of sulfonamides is 1. The Morgan fingerprint density at radius 3 is 2.76 bits per heavy atom. The zero-order chi connectivity index (χ0) is 12.6. The normalized spacial score (nSPS) is 18.1. The monoisotopic (exact) mass is 338 g/mol. The Balaban J connectivity index is 2.36. The van der Waals surface area contributed by atoms with Gasteiger partial charge >= 0.3 is 0 Å². The second-order valence-corrected chi connectivity index (χ2v) is 8.20. The van der Waals surface area contributed by atoms with Crippen molar-refractivity contribution in [3.63, 3.8) is 0 Å². The zero-order valence-corrected chi connectivity index (χ0v) is 12.3. The van der Waals surface area contributed by atoms with Crippen LogP contribution in [-0.4, -0.2) is 38.3 Å². The minimum absolute atomic E-state index is 0.102. The molecule has 0 atom stereocenters. The summed E-state index contributed by atoms with van der Waals surface area (Å²) in [6, 6.07) is 1.59. The largest absolute Gasteiger partial charge is 0.354 e. The molecule has 0 aliphatic carbocycles. The number of aryl methyl sites for hydroxylation is 1. The second kappa shape index (κ2) is 4.68. The standard InChI is InChI=1S/C9H11BrN2O3S2/c1-6-7(4-8(10)16-6)17(14,15)12-3-2-11-9(13)5-12/h4H,2-3,5H2,1H3,(H,11,13). The lowest BCUT2D eigenvalue weighted by Gasteiger charge is -2.25. The van der Waals surface area contributed by atoms with Crippen molar-refractivity contribution < 1.29 is 13.2 Å². The smallest absolute Gasteiger partial charge is 0.244 e. The summed E-state index contributed by atoms with van der Waals surface area (Å²) in [6.45, 7) is 2.34. The predicted octanol–water partition coefficient (Wildman–Crippen LogP) is 0.940. The fraction of sp³-hybridized carbons (Fsp3) is 0.444. The van der Waals surface area contributed by atoms with Gasteiger partial charge in [-0.2, -0.15) is 4.31 Å². The number of halogens is 1. The molecule has 94 valence electrons. The Hall–Kier alpha value is -0.440. The molecule has 1 saturated heterocycles. The fourth-order valence-corrected chi connectivity index (χ4v) is 5.43. The van der Waals surface area contributed by atoms with E-state index in [1.165, 1.54) is 15.6 Å². The number of carbonyl (C=O) groups is 1. The van der Waals surface area contributed by atoms with Gasteiger partial charge in [-0.05, 0) is 28.9 Å². The van der Waals surface area contributed by atoms with Gasteiger partial charge in [0.15, 0.2) is 0 Å². The predicted molar refractivity (Wildman–Crippen MR) is 68.5 cm³/mol. The average molecular weight is 339 g/mol. The van der Waals surface area contributed by atoms with Gasteiger partial charge in [0.05, 0.1) is 15.2 Å². The lowest BCUT2D eigenvalue weighted by atomic mass is 10.4. The maximum atomic E-state index is 12.3. The molecule has 1 aliphatic heterocycles. The van der Waals surface area contributed by atoms with Gasteiger partial charge in [0.25, 0.3) is 0 Å². The molecule has 0 bridgehead atoms. The van der Waals surface area contributed by atoms with Crippen LogP contribution in [0.4, 0.5) is 0 Å². The lowest BCUT2D eigenvalue weighted by molar-refractivity contribution is -0.122. The number of amides is 1. The van der Waals surface area contributed by atoms with Gasteiger partial charge in [0.1, 0.15) is 0 Å². The van der Waals surface area contributed by atoms with E-state index >= 15 is 0 Å². The Bertz CT molecular complexity index is 553. The minimum atomic E-state index is -3.55. The van der Waals surface area contributed by atoms with E-state index in [2.05, 4.69) is 21.2 Å². The van der Waals surface area contributed by atoms with Crippen molar-refractivity contribution in [1.82, 2.24) is 9.62 Å². The number of carbonyl (C=O) groups excluding carboxylic acids is 1. The molecule has 5 nitrogen and oxygen atoms in total. The van der Waals surface area contributed by atoms with Crippen molar-refractivity contribution in [2.75, 3.05) is 19.6 Å². The van der Waals surface area contributed by atoms with Gasteiger partial charge in [0, 0.05) is 18.0 Å². The summed E-state index contributed by atoms with van der Waals surface area (Å²) < 4.78 is 26.6. The summed E-state index contributed by atoms with van der Waals surface area (Å²) in [4.78, 5) is 12.2. The number of thiophene rings is 1. The van der Waals surface area contributed by atoms with Gasteiger partial charge in [-0.1, -0.05) is 0 Å². The first kappa shape index (κ1) is 13.0. The molecule has 0 aromatic carbocycles. The first-order chi connectivity index (χ1) is 7.91. The third-order valence-corrected chi connectivity index (χ3v) is 6.12. The molecule has 0 unspecified atom stereocenters. The van der Waals surface area contributed by atoms with Gasteiger partial charge in [0.2, 0.25) is 15.9 Å². The average Bonchev–Trinajstić information content (AvgIpc) is 2.58. The number of hydrogen-bond acceptors (Lipinski definition) is 4. The maximum absolute atomic E-state index is 12.3. The fourth-order valence-electron chi connectivity index (χ4n) is 1.65. The Morgan fingerprint density at radius 1 is 1.53 bits per heavy atom. The van der Waals surface area contributed by atoms with E-state index < -0.39 is 10.0 Å². The van der Waals surface area contributed by atoms with Crippen LogP contribution in [0.5, 0.6) is 0 Å². The lowest BCUT2D eigenvalue weighted by Crippen LogP contribution is -2.49. The molecule has 1 N–H and O–H groups in total. The molecule has 0 saturated carbocycles. The molecule has 1 amide bonds. The molecule has 1 fully saturated rings. The Kier molecular flexibility index (Phi) is 3.58. The first-order valence-corrected chi connectivity index (χ1v) is 7.99. The molecule has 1 aliphatic rings. The number of piperazine rings is 1. The van der Waals surface area contributed by atoms with Crippen molar-refractivity contribution in [3.8, 4) is 0 Å². The molecule has 17 heavy (non-hydrogen) atoms. The quantitative estimate of drug-likeness (QED) is 0.872. The molecule has 0 radical (unpaired) electrons. The zero-order valence-electron chi connectivity index (χ0n) is 9.07. The van der Waals surface area contributed by atoms with Crippen LogP contribution in [0.3, 0.4) is 0 Å². The van der Waals surface area contributed by atoms with Crippen molar-refractivity contribution in [3.05, 3.63) is 14.7 Å². The van der Waals surface area contributed by atoms with Gasteiger partial charge in [-0.15, -0.1) is 11.3 Å². The topological polar surface area (TPSA) is 66.5 Å². The molecular formula is C9H11BrN2O3S2. The summed E-state index contributed by atoms with van der Waals surface area (Å²) in [5.41, 5.74) is 0. The van der Waals surface area contributed by atoms with Crippen LogP contribution in [0.25, 0.3) is 0 Å². The van der Waals surface area contributed by atoms with E-state index in [-0.39, 0.29) is 17.3 Å². The van der Waals surface area contributed by atoms with E-state index in [1.54, 1.807) is 13.0 Å². The van der Waals surface area contributed by atoms with E-state index in [9.17, 15) is 13.2 Å². The van der Waals surface area contributed by atoms with Crippen LogP contribution in [0.15, 0.2) is 14.7 Å². The molecule has 2 heterocycles. The molecule has 2 rings (SSSR count). The molecule has 1 aromatic heterocycles. The maximum Gasteiger partial charge on any atom is 0.244 e. The summed E-state index contributed by atoms with van der Waals surface area (Å²) in [7, 11) is -3.55. The van der Waals surface area contributed by atoms with Crippen LogP contribution >= 0.6 is 27.3 Å². The highest BCUT2D eigenvalue weighted by molar-refractivity contribution is 9.11. The van der Waals surface area contributed by atoms with Crippen molar-refractivity contribution in [1.29, 1.82) is 0 Å². The number of nitrogens with one attached hydrogen (secondary N) is 1. The minimum Gasteiger partial charge on any atom is -0.354 e. The summed E-state index contributed by atoms with van der Waals surface area (Å²) in [5, 5.41) is 2.60. The van der Waals surface area contributed by atoms with Gasteiger partial charge in [-0.25, -0.2) is 8.42 Å². The highest BCUT2D eigenvalue weighted by Gasteiger charge is 2.31. The highest BCUT2D eigenvalue weighted by Crippen LogP contribution is 2.31. The third kappa shape index (κ3) is 2.54. The Morgan fingerprint density at radius 2 is 2.24 bits per heavy atom. The van der Waals surface area contributed by atoms with Crippen molar-refractivity contribution >= 4 is 43.2 Å². The first-order valence-electron chi connectivity index (χ1n) is 4.94. The van der Waals surface area contributed by atoms with Gasteiger partial charge in [-0.3, -0.25) is 4.79 Å². The van der Waals surface area contributed by atoms with Gasteiger partial charge < -0.3 is 5.32 Å². The van der Waals surface area contributed by atoms with Crippen LogP contribution in [0.1, 0.15) is 4.88 Å². The van der Waals surface area contributed by atoms with Crippen LogP contribution in [0, 0.1) is 6.92 Å². The number of nitrogens with zero attached hydrogens (tertiary/aromatic N) is 1. The SMILES string of the molecule is Cc1sc(Br)cc1S(=O)(=O)N1CCNC(=O)C1. The number of rotatable bonds is 2. The van der Waals surface area contributed by atoms with Crippen LogP contribution in [-0.2, 0) is 14.8 Å².